The SMILES string of the molecule is CC(C)[C@H](NC(=O)OC(C)(C)C)/C(Cl)=C/[C@@H](Cc1ccccc1)C(=O)O. The first-order valence-corrected chi connectivity index (χ1v) is 9.01. The van der Waals surface area contributed by atoms with Crippen molar-refractivity contribution in [2.24, 2.45) is 11.8 Å². The summed E-state index contributed by atoms with van der Waals surface area (Å²) in [6, 6.07) is 8.82. The van der Waals surface area contributed by atoms with Crippen molar-refractivity contribution < 1.29 is 19.4 Å². The molecule has 0 aliphatic carbocycles. The zero-order chi connectivity index (χ0) is 19.9. The largest absolute Gasteiger partial charge is 0.481 e. The van der Waals surface area contributed by atoms with Gasteiger partial charge in [-0.15, -0.1) is 0 Å². The highest BCUT2D eigenvalue weighted by molar-refractivity contribution is 6.30. The van der Waals surface area contributed by atoms with Gasteiger partial charge in [0, 0.05) is 5.03 Å². The molecule has 0 aliphatic rings. The van der Waals surface area contributed by atoms with E-state index in [4.69, 9.17) is 16.3 Å². The molecule has 5 nitrogen and oxygen atoms in total. The molecule has 2 N–H and O–H groups in total. The van der Waals surface area contributed by atoms with Gasteiger partial charge in [-0.05, 0) is 38.7 Å². The maximum atomic E-state index is 12.1. The number of halogens is 1. The summed E-state index contributed by atoms with van der Waals surface area (Å²) in [5.41, 5.74) is 0.278. The van der Waals surface area contributed by atoms with Gasteiger partial charge in [-0.25, -0.2) is 4.79 Å². The second-order valence-electron chi connectivity index (χ2n) is 7.55. The predicted molar refractivity (Wildman–Crippen MR) is 103 cm³/mol. The third kappa shape index (κ3) is 7.91. The molecule has 0 aromatic heterocycles. The number of amides is 1. The van der Waals surface area contributed by atoms with Crippen molar-refractivity contribution in [3.8, 4) is 0 Å². The summed E-state index contributed by atoms with van der Waals surface area (Å²) in [4.78, 5) is 23.7. The molecular formula is C20H28ClNO4. The Kier molecular flexibility index (Phi) is 8.15. The van der Waals surface area contributed by atoms with Crippen LogP contribution >= 0.6 is 11.6 Å². The smallest absolute Gasteiger partial charge is 0.408 e. The Labute approximate surface area is 160 Å². The Morgan fingerprint density at radius 2 is 1.81 bits per heavy atom. The number of hydrogen-bond donors (Lipinski definition) is 2. The Hall–Kier alpha value is -2.01. The van der Waals surface area contributed by atoms with Gasteiger partial charge >= 0.3 is 12.1 Å². The summed E-state index contributed by atoms with van der Waals surface area (Å²) in [6.45, 7) is 9.11. The van der Waals surface area contributed by atoms with Crippen LogP contribution in [0.5, 0.6) is 0 Å². The van der Waals surface area contributed by atoms with Crippen LogP contribution in [0.15, 0.2) is 41.4 Å². The van der Waals surface area contributed by atoms with Crippen LogP contribution in [0.25, 0.3) is 0 Å². The Morgan fingerprint density at radius 3 is 2.27 bits per heavy atom. The monoisotopic (exact) mass is 381 g/mol. The molecule has 0 bridgehead atoms. The first-order valence-electron chi connectivity index (χ1n) is 8.63. The fourth-order valence-electron chi connectivity index (χ4n) is 2.37. The predicted octanol–water partition coefficient (Wildman–Crippen LogP) is 4.60. The van der Waals surface area contributed by atoms with Crippen LogP contribution in [0.4, 0.5) is 4.79 Å². The molecule has 0 heterocycles. The maximum Gasteiger partial charge on any atom is 0.408 e. The van der Waals surface area contributed by atoms with Crippen molar-refractivity contribution in [2.45, 2.75) is 52.7 Å². The van der Waals surface area contributed by atoms with Gasteiger partial charge in [0.05, 0.1) is 12.0 Å². The fourth-order valence-corrected chi connectivity index (χ4v) is 2.83. The van der Waals surface area contributed by atoms with E-state index in [1.54, 1.807) is 20.8 Å². The lowest BCUT2D eigenvalue weighted by Crippen LogP contribution is -2.42. The van der Waals surface area contributed by atoms with Crippen LogP contribution in [0.3, 0.4) is 0 Å². The van der Waals surface area contributed by atoms with Crippen LogP contribution in [0.2, 0.25) is 0 Å². The first kappa shape index (κ1) is 22.0. The van der Waals surface area contributed by atoms with E-state index in [0.29, 0.717) is 6.42 Å². The molecule has 0 saturated heterocycles. The lowest BCUT2D eigenvalue weighted by atomic mass is 9.96. The van der Waals surface area contributed by atoms with Gasteiger partial charge in [-0.3, -0.25) is 4.79 Å². The zero-order valence-electron chi connectivity index (χ0n) is 16.0. The number of carbonyl (C=O) groups is 2. The molecule has 0 radical (unpaired) electrons. The van der Waals surface area contributed by atoms with Crippen molar-refractivity contribution in [3.05, 3.63) is 47.0 Å². The lowest BCUT2D eigenvalue weighted by Gasteiger charge is -2.26. The molecule has 26 heavy (non-hydrogen) atoms. The molecule has 0 fully saturated rings. The Bertz CT molecular complexity index is 635. The van der Waals surface area contributed by atoms with E-state index in [0.717, 1.165) is 5.56 Å². The van der Waals surface area contributed by atoms with Gasteiger partial charge in [0.15, 0.2) is 0 Å². The molecule has 0 saturated carbocycles. The van der Waals surface area contributed by atoms with Crippen molar-refractivity contribution in [2.75, 3.05) is 0 Å². The molecular weight excluding hydrogens is 354 g/mol. The number of carbonyl (C=O) groups excluding carboxylic acids is 1. The number of benzene rings is 1. The summed E-state index contributed by atoms with van der Waals surface area (Å²) in [5.74, 6) is -1.78. The van der Waals surface area contributed by atoms with Crippen molar-refractivity contribution in [1.82, 2.24) is 5.32 Å². The first-order chi connectivity index (χ1) is 12.0. The van der Waals surface area contributed by atoms with Gasteiger partial charge in [-0.2, -0.15) is 0 Å². The van der Waals surface area contributed by atoms with E-state index in [1.165, 1.54) is 6.08 Å². The fraction of sp³-hybridized carbons (Fsp3) is 0.500. The van der Waals surface area contributed by atoms with Crippen LogP contribution in [0, 0.1) is 11.8 Å². The summed E-state index contributed by atoms with van der Waals surface area (Å²) < 4.78 is 5.26. The number of ether oxygens (including phenoxy) is 1. The molecule has 2 atom stereocenters. The molecule has 0 spiro atoms. The normalized spacial score (nSPS) is 14.7. The number of aliphatic carboxylic acids is 1. The van der Waals surface area contributed by atoms with Crippen LogP contribution in [-0.4, -0.2) is 28.8 Å². The second kappa shape index (κ2) is 9.62. The van der Waals surface area contributed by atoms with E-state index < -0.39 is 29.6 Å². The van der Waals surface area contributed by atoms with E-state index >= 15 is 0 Å². The van der Waals surface area contributed by atoms with E-state index in [2.05, 4.69) is 5.32 Å². The van der Waals surface area contributed by atoms with Crippen molar-refractivity contribution in [3.63, 3.8) is 0 Å². The standard InChI is InChI=1S/C20H28ClNO4/c1-13(2)17(22-19(25)26-20(3,4)5)16(21)12-15(18(23)24)11-14-9-7-6-8-10-14/h6-10,12-13,15,17H,11H2,1-5H3,(H,22,25)(H,23,24)/b16-12-/t15-,17+/m1/s1. The maximum absolute atomic E-state index is 12.1. The average Bonchev–Trinajstić information content (AvgIpc) is 2.50. The Morgan fingerprint density at radius 1 is 1.23 bits per heavy atom. The highest BCUT2D eigenvalue weighted by Crippen LogP contribution is 2.21. The zero-order valence-corrected chi connectivity index (χ0v) is 16.7. The summed E-state index contributed by atoms with van der Waals surface area (Å²) >= 11 is 6.39. The molecule has 0 aliphatic heterocycles. The molecule has 1 aromatic rings. The Balaban J connectivity index is 2.94. The highest BCUT2D eigenvalue weighted by Gasteiger charge is 2.25. The van der Waals surface area contributed by atoms with Gasteiger partial charge < -0.3 is 15.2 Å². The minimum Gasteiger partial charge on any atom is -0.481 e. The molecule has 6 heteroatoms. The van der Waals surface area contributed by atoms with Crippen LogP contribution in [0.1, 0.15) is 40.2 Å². The van der Waals surface area contributed by atoms with E-state index in [9.17, 15) is 14.7 Å². The number of alkyl carbamates (subject to hydrolysis) is 1. The van der Waals surface area contributed by atoms with Gasteiger partial charge in [0.2, 0.25) is 0 Å². The summed E-state index contributed by atoms with van der Waals surface area (Å²) in [7, 11) is 0. The van der Waals surface area contributed by atoms with E-state index in [-0.39, 0.29) is 11.0 Å². The van der Waals surface area contributed by atoms with Crippen LogP contribution in [-0.2, 0) is 16.0 Å². The number of carboxylic acid groups (broad SMARTS) is 1. The molecule has 144 valence electrons. The quantitative estimate of drug-likeness (QED) is 0.723. The molecule has 1 aromatic carbocycles. The lowest BCUT2D eigenvalue weighted by molar-refractivity contribution is -0.140. The minimum atomic E-state index is -0.966. The number of hydrogen-bond acceptors (Lipinski definition) is 3. The minimum absolute atomic E-state index is 0.0301. The molecule has 0 unspecified atom stereocenters. The third-order valence-electron chi connectivity index (χ3n) is 3.61. The number of nitrogens with one attached hydrogen (secondary N) is 1. The van der Waals surface area contributed by atoms with Gasteiger partial charge in [0.1, 0.15) is 5.60 Å². The molecule has 1 rings (SSSR count). The summed E-state index contributed by atoms with van der Waals surface area (Å²) in [6.07, 6.45) is 1.24. The number of rotatable bonds is 7. The number of carboxylic acids is 1. The molecule has 1 amide bonds. The average molecular weight is 382 g/mol. The third-order valence-corrected chi connectivity index (χ3v) is 3.97. The van der Waals surface area contributed by atoms with Crippen molar-refractivity contribution in [1.29, 1.82) is 0 Å². The van der Waals surface area contributed by atoms with Gasteiger partial charge in [0.25, 0.3) is 0 Å². The van der Waals surface area contributed by atoms with Crippen molar-refractivity contribution >= 4 is 23.7 Å². The van der Waals surface area contributed by atoms with Gasteiger partial charge in [-0.1, -0.05) is 61.9 Å². The summed E-state index contributed by atoms with van der Waals surface area (Å²) in [5, 5.41) is 12.5. The van der Waals surface area contributed by atoms with E-state index in [1.807, 2.05) is 44.2 Å². The second-order valence-corrected chi connectivity index (χ2v) is 7.99. The highest BCUT2D eigenvalue weighted by atomic mass is 35.5. The topological polar surface area (TPSA) is 75.6 Å². The van der Waals surface area contributed by atoms with Crippen LogP contribution < -0.4 is 5.32 Å².